The Morgan fingerprint density at radius 1 is 1.20 bits per heavy atom. The minimum atomic E-state index is -0.0602. The Bertz CT molecular complexity index is 819. The highest BCUT2D eigenvalue weighted by Crippen LogP contribution is 2.34. The number of aryl methyl sites for hydroxylation is 2. The highest BCUT2D eigenvalue weighted by Gasteiger charge is 2.27. The monoisotopic (exact) mass is 354 g/mol. The van der Waals surface area contributed by atoms with Crippen LogP contribution in [0.1, 0.15) is 16.7 Å². The van der Waals surface area contributed by atoms with Gasteiger partial charge in [0.15, 0.2) is 0 Å². The number of fused-ring (bicyclic) bond motifs is 1. The fourth-order valence-corrected chi connectivity index (χ4v) is 3.89. The van der Waals surface area contributed by atoms with E-state index in [2.05, 4.69) is 32.0 Å². The van der Waals surface area contributed by atoms with Crippen molar-refractivity contribution in [2.75, 3.05) is 24.2 Å². The van der Waals surface area contributed by atoms with E-state index in [9.17, 15) is 9.59 Å². The molecule has 4 nitrogen and oxygen atoms in total. The third kappa shape index (κ3) is 3.87. The largest absolute Gasteiger partial charge is 0.340 e. The van der Waals surface area contributed by atoms with Crippen molar-refractivity contribution in [2.45, 2.75) is 25.3 Å². The van der Waals surface area contributed by atoms with E-state index in [0.717, 1.165) is 16.1 Å². The van der Waals surface area contributed by atoms with E-state index in [1.54, 1.807) is 16.8 Å². The Morgan fingerprint density at radius 3 is 2.72 bits per heavy atom. The van der Waals surface area contributed by atoms with Gasteiger partial charge in [-0.15, -0.1) is 11.8 Å². The van der Waals surface area contributed by atoms with Crippen molar-refractivity contribution in [3.05, 3.63) is 59.2 Å². The lowest BCUT2D eigenvalue weighted by Gasteiger charge is -2.30. The molecule has 25 heavy (non-hydrogen) atoms. The van der Waals surface area contributed by atoms with E-state index >= 15 is 0 Å². The molecule has 0 unspecified atom stereocenters. The average Bonchev–Trinajstić information content (AvgIpc) is 2.59. The van der Waals surface area contributed by atoms with Crippen LogP contribution >= 0.6 is 11.8 Å². The third-order valence-electron chi connectivity index (χ3n) is 4.43. The molecule has 0 N–H and O–H groups in total. The number of anilines is 1. The summed E-state index contributed by atoms with van der Waals surface area (Å²) in [5, 5.41) is 0. The number of hydrogen-bond acceptors (Lipinski definition) is 3. The van der Waals surface area contributed by atoms with Gasteiger partial charge in [0, 0.05) is 18.5 Å². The Morgan fingerprint density at radius 2 is 1.96 bits per heavy atom. The second-order valence-electron chi connectivity index (χ2n) is 6.42. The summed E-state index contributed by atoms with van der Waals surface area (Å²) < 4.78 is 0. The van der Waals surface area contributed by atoms with Gasteiger partial charge in [-0.2, -0.15) is 0 Å². The number of amides is 2. The van der Waals surface area contributed by atoms with Gasteiger partial charge in [-0.25, -0.2) is 0 Å². The summed E-state index contributed by atoms with van der Waals surface area (Å²) in [5.74, 6) is 0.303. The number of rotatable bonds is 4. The predicted octanol–water partition coefficient (Wildman–Crippen LogP) is 3.40. The lowest BCUT2D eigenvalue weighted by molar-refractivity contribution is -0.130. The molecule has 0 fully saturated rings. The van der Waals surface area contributed by atoms with Gasteiger partial charge in [-0.1, -0.05) is 35.9 Å². The van der Waals surface area contributed by atoms with Crippen molar-refractivity contribution in [3.63, 3.8) is 0 Å². The zero-order valence-corrected chi connectivity index (χ0v) is 15.6. The molecule has 2 aromatic rings. The number of carbonyl (C=O) groups excluding carboxylic acids is 2. The molecule has 0 radical (unpaired) electrons. The minimum absolute atomic E-state index is 0.0167. The summed E-state index contributed by atoms with van der Waals surface area (Å²) >= 11 is 1.53. The van der Waals surface area contributed by atoms with Crippen LogP contribution in [0.5, 0.6) is 0 Å². The quantitative estimate of drug-likeness (QED) is 0.845. The molecule has 0 aromatic heterocycles. The van der Waals surface area contributed by atoms with Crippen LogP contribution < -0.4 is 4.90 Å². The van der Waals surface area contributed by atoms with Gasteiger partial charge in [0.05, 0.1) is 11.4 Å². The van der Waals surface area contributed by atoms with Crippen LogP contribution in [0, 0.1) is 13.8 Å². The minimum Gasteiger partial charge on any atom is -0.340 e. The number of benzene rings is 2. The molecule has 0 atom stereocenters. The number of thioether (sulfide) groups is 1. The van der Waals surface area contributed by atoms with Gasteiger partial charge >= 0.3 is 0 Å². The fraction of sp³-hybridized carbons (Fsp3) is 0.300. The van der Waals surface area contributed by atoms with Crippen molar-refractivity contribution in [3.8, 4) is 0 Å². The Labute approximate surface area is 152 Å². The van der Waals surface area contributed by atoms with Gasteiger partial charge < -0.3 is 9.80 Å². The normalized spacial score (nSPS) is 13.6. The molecular formula is C20H22N2O2S. The first-order valence-electron chi connectivity index (χ1n) is 8.28. The molecule has 1 aliphatic rings. The Kier molecular flexibility index (Phi) is 5.13. The molecule has 0 bridgehead atoms. The first kappa shape index (κ1) is 17.5. The summed E-state index contributed by atoms with van der Waals surface area (Å²) in [5.41, 5.74) is 4.35. The topological polar surface area (TPSA) is 40.6 Å². The van der Waals surface area contributed by atoms with Gasteiger partial charge in [0.2, 0.25) is 11.8 Å². The Balaban J connectivity index is 1.72. The Hall–Kier alpha value is -2.27. The average molecular weight is 354 g/mol. The molecule has 0 saturated carbocycles. The molecule has 1 heterocycles. The van der Waals surface area contributed by atoms with E-state index in [1.807, 2.05) is 24.3 Å². The summed E-state index contributed by atoms with van der Waals surface area (Å²) in [6, 6.07) is 14.0. The first-order chi connectivity index (χ1) is 12.0. The van der Waals surface area contributed by atoms with E-state index in [0.29, 0.717) is 12.3 Å². The van der Waals surface area contributed by atoms with E-state index in [4.69, 9.17) is 0 Å². The molecule has 2 aromatic carbocycles. The SMILES string of the molecule is Cc1ccc(CN(C)C(=O)CN2C(=O)CSc3ccccc32)c(C)c1. The van der Waals surface area contributed by atoms with Crippen LogP contribution in [0.25, 0.3) is 0 Å². The second-order valence-corrected chi connectivity index (χ2v) is 7.43. The molecule has 2 amide bonds. The second kappa shape index (κ2) is 7.31. The maximum Gasteiger partial charge on any atom is 0.242 e. The van der Waals surface area contributed by atoms with Crippen LogP contribution in [-0.2, 0) is 16.1 Å². The van der Waals surface area contributed by atoms with Gasteiger partial charge in [-0.05, 0) is 37.1 Å². The highest BCUT2D eigenvalue weighted by molar-refractivity contribution is 8.00. The van der Waals surface area contributed by atoms with Crippen molar-refractivity contribution < 1.29 is 9.59 Å². The lowest BCUT2D eigenvalue weighted by atomic mass is 10.1. The summed E-state index contributed by atoms with van der Waals surface area (Å²) in [7, 11) is 1.79. The standard InChI is InChI=1S/C20H22N2O2S/c1-14-8-9-16(15(2)10-14)11-21(3)19(23)12-22-17-6-4-5-7-18(17)25-13-20(22)24/h4-10H,11-13H2,1-3H3. The van der Waals surface area contributed by atoms with Gasteiger partial charge in [-0.3, -0.25) is 9.59 Å². The zero-order chi connectivity index (χ0) is 18.0. The molecule has 5 heteroatoms. The molecule has 130 valence electrons. The first-order valence-corrected chi connectivity index (χ1v) is 9.26. The van der Waals surface area contributed by atoms with Crippen LogP contribution in [0.4, 0.5) is 5.69 Å². The molecule has 0 saturated heterocycles. The van der Waals surface area contributed by atoms with E-state index in [-0.39, 0.29) is 18.4 Å². The maximum absolute atomic E-state index is 12.7. The zero-order valence-electron chi connectivity index (χ0n) is 14.8. The third-order valence-corrected chi connectivity index (χ3v) is 5.48. The molecule has 0 spiro atoms. The summed E-state index contributed by atoms with van der Waals surface area (Å²) in [4.78, 5) is 29.3. The number of carbonyl (C=O) groups is 2. The van der Waals surface area contributed by atoms with Crippen molar-refractivity contribution in [1.29, 1.82) is 0 Å². The van der Waals surface area contributed by atoms with E-state index in [1.165, 1.54) is 22.9 Å². The van der Waals surface area contributed by atoms with Crippen LogP contribution in [0.15, 0.2) is 47.4 Å². The van der Waals surface area contributed by atoms with Gasteiger partial charge in [0.1, 0.15) is 6.54 Å². The van der Waals surface area contributed by atoms with Crippen molar-refractivity contribution in [2.24, 2.45) is 0 Å². The molecular weight excluding hydrogens is 332 g/mol. The van der Waals surface area contributed by atoms with Crippen LogP contribution in [0.3, 0.4) is 0 Å². The predicted molar refractivity (Wildman–Crippen MR) is 102 cm³/mol. The highest BCUT2D eigenvalue weighted by atomic mass is 32.2. The van der Waals surface area contributed by atoms with Crippen LogP contribution in [-0.4, -0.2) is 36.1 Å². The van der Waals surface area contributed by atoms with Crippen molar-refractivity contribution >= 4 is 29.3 Å². The van der Waals surface area contributed by atoms with Crippen LogP contribution in [0.2, 0.25) is 0 Å². The molecule has 1 aliphatic heterocycles. The molecule has 3 rings (SSSR count). The number of hydrogen-bond donors (Lipinski definition) is 0. The summed E-state index contributed by atoms with van der Waals surface area (Å²) in [6.45, 7) is 4.74. The fourth-order valence-electron chi connectivity index (χ4n) is 2.95. The van der Waals surface area contributed by atoms with Crippen molar-refractivity contribution in [1.82, 2.24) is 4.90 Å². The number of likely N-dealkylation sites (N-methyl/N-ethyl adjacent to an activating group) is 1. The number of para-hydroxylation sites is 1. The maximum atomic E-state index is 12.7. The number of nitrogens with zero attached hydrogens (tertiary/aromatic N) is 2. The lowest BCUT2D eigenvalue weighted by Crippen LogP contribution is -2.43. The summed E-state index contributed by atoms with van der Waals surface area (Å²) in [6.07, 6.45) is 0. The molecule has 0 aliphatic carbocycles. The van der Waals surface area contributed by atoms with E-state index < -0.39 is 0 Å². The smallest absolute Gasteiger partial charge is 0.242 e. The van der Waals surface area contributed by atoms with Gasteiger partial charge in [0.25, 0.3) is 0 Å².